The van der Waals surface area contributed by atoms with Gasteiger partial charge in [-0.2, -0.15) is 0 Å². The lowest BCUT2D eigenvalue weighted by atomic mass is 9.98. The van der Waals surface area contributed by atoms with Gasteiger partial charge in [-0.05, 0) is 48.1 Å². The number of halogens is 1. The van der Waals surface area contributed by atoms with Gasteiger partial charge >= 0.3 is 0 Å². The van der Waals surface area contributed by atoms with Crippen LogP contribution in [0.3, 0.4) is 0 Å². The molecule has 22 heavy (non-hydrogen) atoms. The van der Waals surface area contributed by atoms with Crippen LogP contribution in [0.15, 0.2) is 53.0 Å². The van der Waals surface area contributed by atoms with E-state index in [1.807, 2.05) is 41.3 Å². The van der Waals surface area contributed by atoms with Crippen molar-refractivity contribution >= 4 is 21.8 Å². The Morgan fingerprint density at radius 1 is 1.18 bits per heavy atom. The van der Waals surface area contributed by atoms with Gasteiger partial charge in [-0.1, -0.05) is 53.2 Å². The summed E-state index contributed by atoms with van der Waals surface area (Å²) in [7, 11) is 0. The number of nitrogens with zero attached hydrogens (tertiary/aromatic N) is 1. The van der Waals surface area contributed by atoms with Crippen molar-refractivity contribution in [3.8, 4) is 11.1 Å². The second-order valence-electron chi connectivity index (χ2n) is 6.06. The molecule has 1 fully saturated rings. The summed E-state index contributed by atoms with van der Waals surface area (Å²) in [6, 6.07) is 16.0. The van der Waals surface area contributed by atoms with Gasteiger partial charge in [-0.3, -0.25) is 4.79 Å². The first kappa shape index (κ1) is 15.3. The van der Waals surface area contributed by atoms with E-state index in [1.165, 1.54) is 6.42 Å². The summed E-state index contributed by atoms with van der Waals surface area (Å²) < 4.78 is 1.05. The first-order chi connectivity index (χ1) is 10.6. The number of piperidine rings is 1. The molecule has 1 atom stereocenters. The van der Waals surface area contributed by atoms with Crippen LogP contribution in [-0.2, 0) is 0 Å². The van der Waals surface area contributed by atoms with E-state index < -0.39 is 0 Å². The molecule has 0 N–H and O–H groups in total. The van der Waals surface area contributed by atoms with Crippen LogP contribution in [0, 0.1) is 5.92 Å². The Hall–Kier alpha value is -1.61. The number of carbonyl (C=O) groups is 1. The number of benzene rings is 2. The molecule has 0 saturated carbocycles. The van der Waals surface area contributed by atoms with E-state index in [0.29, 0.717) is 5.92 Å². The van der Waals surface area contributed by atoms with E-state index in [9.17, 15) is 4.79 Å². The molecule has 2 nitrogen and oxygen atoms in total. The Kier molecular flexibility index (Phi) is 4.63. The van der Waals surface area contributed by atoms with E-state index >= 15 is 0 Å². The smallest absolute Gasteiger partial charge is 0.253 e. The van der Waals surface area contributed by atoms with Gasteiger partial charge in [0.1, 0.15) is 0 Å². The summed E-state index contributed by atoms with van der Waals surface area (Å²) in [5, 5.41) is 0. The Balaban J connectivity index is 1.88. The molecule has 3 rings (SSSR count). The van der Waals surface area contributed by atoms with Gasteiger partial charge in [-0.25, -0.2) is 0 Å². The Bertz CT molecular complexity index is 683. The molecule has 3 heteroatoms. The third-order valence-electron chi connectivity index (χ3n) is 4.24. The van der Waals surface area contributed by atoms with Crippen molar-refractivity contribution in [1.29, 1.82) is 0 Å². The quantitative estimate of drug-likeness (QED) is 0.741. The summed E-state index contributed by atoms with van der Waals surface area (Å²) in [6.07, 6.45) is 2.33. The summed E-state index contributed by atoms with van der Waals surface area (Å²) >= 11 is 3.58. The SMILES string of the molecule is CC1CCCN(C(=O)c2cccc(-c3ccccc3Br)c2)C1. The van der Waals surface area contributed by atoms with E-state index in [-0.39, 0.29) is 5.91 Å². The van der Waals surface area contributed by atoms with E-state index in [2.05, 4.69) is 35.0 Å². The predicted molar refractivity (Wildman–Crippen MR) is 93.9 cm³/mol. The van der Waals surface area contributed by atoms with Gasteiger partial charge in [0, 0.05) is 23.1 Å². The molecule has 1 saturated heterocycles. The summed E-state index contributed by atoms with van der Waals surface area (Å²) in [4.78, 5) is 14.7. The fourth-order valence-corrected chi connectivity index (χ4v) is 3.59. The van der Waals surface area contributed by atoms with Gasteiger partial charge in [0.2, 0.25) is 0 Å². The monoisotopic (exact) mass is 357 g/mol. The van der Waals surface area contributed by atoms with E-state index in [1.54, 1.807) is 0 Å². The summed E-state index contributed by atoms with van der Waals surface area (Å²) in [5.74, 6) is 0.754. The van der Waals surface area contributed by atoms with Crippen LogP contribution in [0.5, 0.6) is 0 Å². The lowest BCUT2D eigenvalue weighted by molar-refractivity contribution is 0.0683. The van der Waals surface area contributed by atoms with Crippen LogP contribution in [0.1, 0.15) is 30.1 Å². The molecular formula is C19H20BrNO. The molecule has 114 valence electrons. The zero-order valence-electron chi connectivity index (χ0n) is 12.8. The zero-order chi connectivity index (χ0) is 15.5. The lowest BCUT2D eigenvalue weighted by Gasteiger charge is -2.31. The highest BCUT2D eigenvalue weighted by atomic mass is 79.9. The maximum atomic E-state index is 12.7. The summed E-state index contributed by atoms with van der Waals surface area (Å²) in [6.45, 7) is 3.97. The highest BCUT2D eigenvalue weighted by molar-refractivity contribution is 9.10. The molecule has 2 aromatic rings. The van der Waals surface area contributed by atoms with Gasteiger partial charge in [-0.15, -0.1) is 0 Å². The van der Waals surface area contributed by atoms with Crippen molar-refractivity contribution in [2.75, 3.05) is 13.1 Å². The lowest BCUT2D eigenvalue weighted by Crippen LogP contribution is -2.39. The van der Waals surface area contributed by atoms with Crippen molar-refractivity contribution in [1.82, 2.24) is 4.90 Å². The molecule has 1 amide bonds. The molecule has 0 aliphatic carbocycles. The minimum atomic E-state index is 0.153. The third-order valence-corrected chi connectivity index (χ3v) is 4.93. The van der Waals surface area contributed by atoms with Crippen LogP contribution in [0.4, 0.5) is 0 Å². The third kappa shape index (κ3) is 3.25. The Morgan fingerprint density at radius 2 is 2.00 bits per heavy atom. The number of hydrogen-bond acceptors (Lipinski definition) is 1. The first-order valence-corrected chi connectivity index (χ1v) is 8.58. The molecule has 1 unspecified atom stereocenters. The maximum Gasteiger partial charge on any atom is 0.253 e. The standard InChI is InChI=1S/C19H20BrNO/c1-14-6-5-11-21(13-14)19(22)16-8-4-7-15(12-16)17-9-2-3-10-18(17)20/h2-4,7-10,12,14H,5-6,11,13H2,1H3. The van der Waals surface area contributed by atoms with E-state index in [0.717, 1.165) is 40.7 Å². The van der Waals surface area contributed by atoms with Gasteiger partial charge in [0.15, 0.2) is 0 Å². The van der Waals surface area contributed by atoms with Crippen LogP contribution in [-0.4, -0.2) is 23.9 Å². The van der Waals surface area contributed by atoms with Gasteiger partial charge < -0.3 is 4.90 Å². The summed E-state index contributed by atoms with van der Waals surface area (Å²) in [5.41, 5.74) is 2.97. The molecular weight excluding hydrogens is 338 g/mol. The first-order valence-electron chi connectivity index (χ1n) is 7.79. The molecule has 0 spiro atoms. The number of hydrogen-bond donors (Lipinski definition) is 0. The second-order valence-corrected chi connectivity index (χ2v) is 6.91. The minimum absolute atomic E-state index is 0.153. The fourth-order valence-electron chi connectivity index (χ4n) is 3.07. The van der Waals surface area contributed by atoms with Crippen LogP contribution < -0.4 is 0 Å². The van der Waals surface area contributed by atoms with Gasteiger partial charge in [0.05, 0.1) is 0 Å². The minimum Gasteiger partial charge on any atom is -0.338 e. The molecule has 0 radical (unpaired) electrons. The number of carbonyl (C=O) groups excluding carboxylic acids is 1. The Morgan fingerprint density at radius 3 is 2.77 bits per heavy atom. The topological polar surface area (TPSA) is 20.3 Å². The maximum absolute atomic E-state index is 12.7. The van der Waals surface area contributed by atoms with Crippen LogP contribution in [0.25, 0.3) is 11.1 Å². The molecule has 0 bridgehead atoms. The second kappa shape index (κ2) is 6.66. The van der Waals surface area contributed by atoms with E-state index in [4.69, 9.17) is 0 Å². The molecule has 1 aliphatic rings. The average Bonchev–Trinajstić information content (AvgIpc) is 2.55. The molecule has 2 aromatic carbocycles. The fraction of sp³-hybridized carbons (Fsp3) is 0.316. The van der Waals surface area contributed by atoms with Crippen molar-refractivity contribution in [2.45, 2.75) is 19.8 Å². The zero-order valence-corrected chi connectivity index (χ0v) is 14.3. The van der Waals surface area contributed by atoms with Crippen molar-refractivity contribution in [3.63, 3.8) is 0 Å². The molecule has 1 aliphatic heterocycles. The highest BCUT2D eigenvalue weighted by Gasteiger charge is 2.22. The number of likely N-dealkylation sites (tertiary alicyclic amines) is 1. The van der Waals surface area contributed by atoms with Crippen molar-refractivity contribution < 1.29 is 4.79 Å². The van der Waals surface area contributed by atoms with Crippen LogP contribution >= 0.6 is 15.9 Å². The Labute approximate surface area is 140 Å². The molecule has 0 aromatic heterocycles. The normalized spacial score (nSPS) is 18.3. The van der Waals surface area contributed by atoms with Crippen molar-refractivity contribution in [3.05, 3.63) is 58.6 Å². The number of amides is 1. The highest BCUT2D eigenvalue weighted by Crippen LogP contribution is 2.29. The molecule has 1 heterocycles. The number of rotatable bonds is 2. The van der Waals surface area contributed by atoms with Crippen molar-refractivity contribution in [2.24, 2.45) is 5.92 Å². The predicted octanol–water partition coefficient (Wildman–Crippen LogP) is 4.99. The largest absolute Gasteiger partial charge is 0.338 e. The average molecular weight is 358 g/mol. The van der Waals surface area contributed by atoms with Gasteiger partial charge in [0.25, 0.3) is 5.91 Å². The van der Waals surface area contributed by atoms with Crippen LogP contribution in [0.2, 0.25) is 0 Å².